The van der Waals surface area contributed by atoms with Crippen molar-refractivity contribution in [2.75, 3.05) is 14.7 Å². The molecule has 0 amide bonds. The molecule has 2 unspecified atom stereocenters. The van der Waals surface area contributed by atoms with Gasteiger partial charge in [0, 0.05) is 73.4 Å². The second kappa shape index (κ2) is 18.4. The Labute approximate surface area is 463 Å². The SMILES string of the molecule is Cc1cccc(N(c2cccc(-c3ccccc3)c2)c2ccc3c(c2)oc2ccc4c5c(ccc4c23)C2C=CC(N(c3cccc(-c4ccccc4)c3)c3cccc([Si](C)(C)C)c3)=C3c4cc(-c6ccccc6)ccc4N5C32)c1. The maximum atomic E-state index is 6.96. The predicted octanol–water partition coefficient (Wildman–Crippen LogP) is 19.8. The van der Waals surface area contributed by atoms with Crippen LogP contribution in [0.3, 0.4) is 0 Å². The third-order valence-corrected chi connectivity index (χ3v) is 18.7. The molecule has 4 nitrogen and oxygen atoms in total. The second-order valence-electron chi connectivity index (χ2n) is 22.6. The summed E-state index contributed by atoms with van der Waals surface area (Å²) in [6.07, 6.45) is 4.94. The topological polar surface area (TPSA) is 22.9 Å². The Morgan fingerprint density at radius 1 is 0.430 bits per heavy atom. The highest BCUT2D eigenvalue weighted by Gasteiger charge is 2.50. The molecule has 0 fully saturated rings. The molecule has 0 radical (unpaired) electrons. The van der Waals surface area contributed by atoms with Crippen molar-refractivity contribution in [3.63, 3.8) is 0 Å². The largest absolute Gasteiger partial charge is 0.456 e. The fraction of sp³-hybridized carbons (Fsp3) is 0.0811. The van der Waals surface area contributed by atoms with E-state index in [4.69, 9.17) is 4.42 Å². The van der Waals surface area contributed by atoms with Crippen LogP contribution in [0.4, 0.5) is 39.8 Å². The van der Waals surface area contributed by atoms with Crippen molar-refractivity contribution in [2.24, 2.45) is 0 Å². The van der Waals surface area contributed by atoms with E-state index in [1.807, 2.05) is 0 Å². The minimum atomic E-state index is -1.70. The van der Waals surface area contributed by atoms with Gasteiger partial charge in [-0.2, -0.15) is 0 Å². The molecule has 3 aliphatic rings. The Kier molecular flexibility index (Phi) is 10.9. The molecule has 0 spiro atoms. The summed E-state index contributed by atoms with van der Waals surface area (Å²) in [5.74, 6) is 0.129. The number of hydrogen-bond donors (Lipinski definition) is 0. The summed E-state index contributed by atoms with van der Waals surface area (Å²) in [7, 11) is -1.70. The Bertz CT molecular complexity index is 4450. The van der Waals surface area contributed by atoms with Crippen molar-refractivity contribution in [1.29, 1.82) is 0 Å². The van der Waals surface area contributed by atoms with Gasteiger partial charge in [0.2, 0.25) is 0 Å². The van der Waals surface area contributed by atoms with Gasteiger partial charge in [0.25, 0.3) is 0 Å². The van der Waals surface area contributed by atoms with Crippen LogP contribution in [-0.2, 0) is 0 Å². The number of allylic oxidation sites excluding steroid dienone is 1. The molecule has 2 aliphatic heterocycles. The molecule has 5 heteroatoms. The summed E-state index contributed by atoms with van der Waals surface area (Å²) in [6, 6.07) is 91.7. The number of nitrogens with zero attached hydrogens (tertiary/aromatic N) is 3. The lowest BCUT2D eigenvalue weighted by Gasteiger charge is -2.34. The third-order valence-electron chi connectivity index (χ3n) is 16.7. The van der Waals surface area contributed by atoms with Crippen molar-refractivity contribution in [3.05, 3.63) is 283 Å². The molecule has 3 heterocycles. The van der Waals surface area contributed by atoms with Crippen molar-refractivity contribution in [2.45, 2.75) is 38.5 Å². The lowest BCUT2D eigenvalue weighted by Crippen LogP contribution is -2.38. The van der Waals surface area contributed by atoms with Gasteiger partial charge in [0.1, 0.15) is 11.2 Å². The van der Waals surface area contributed by atoms with Crippen LogP contribution < -0.4 is 19.9 Å². The number of anilines is 7. The highest BCUT2D eigenvalue weighted by atomic mass is 28.3. The zero-order chi connectivity index (χ0) is 52.9. The summed E-state index contributed by atoms with van der Waals surface area (Å²) in [4.78, 5) is 7.60. The third kappa shape index (κ3) is 7.79. The Morgan fingerprint density at radius 2 is 0.987 bits per heavy atom. The summed E-state index contributed by atoms with van der Waals surface area (Å²) in [5, 5.41) is 6.10. The van der Waals surface area contributed by atoms with Crippen molar-refractivity contribution >= 4 is 91.4 Å². The van der Waals surface area contributed by atoms with Crippen LogP contribution in [0, 0.1) is 6.92 Å². The van der Waals surface area contributed by atoms with Gasteiger partial charge in [0.05, 0.1) is 25.5 Å². The standard InChI is InChI=1S/C74H57N3OSi/c1-48-18-14-27-55(42-48)75(56-28-15-25-52(43-56)49-19-8-5-9-20-49)59-33-34-65-70(47-59)78-69-41-38-62-61(71(65)69)35-36-63-64-37-40-68(72-66-45-54(51-23-12-7-13-24-51)32-39-67(66)77(73(62)63)74(64)72)76(58-30-17-31-60(46-58)79(2,3)4)57-29-16-26-53(44-57)50-21-10-6-11-22-50/h5-47,64,74H,1-4H3. The molecule has 12 aromatic rings. The minimum absolute atomic E-state index is 0.0361. The van der Waals surface area contributed by atoms with E-state index in [2.05, 4.69) is 302 Å². The van der Waals surface area contributed by atoms with Crippen LogP contribution in [-0.4, -0.2) is 14.1 Å². The van der Waals surface area contributed by atoms with Crippen molar-refractivity contribution in [1.82, 2.24) is 0 Å². The van der Waals surface area contributed by atoms with Crippen LogP contribution in [0.2, 0.25) is 19.6 Å². The van der Waals surface area contributed by atoms with Gasteiger partial charge in [-0.1, -0.05) is 189 Å². The highest BCUT2D eigenvalue weighted by molar-refractivity contribution is 6.88. The summed E-state index contributed by atoms with van der Waals surface area (Å²) in [6.45, 7) is 9.49. The molecular formula is C74H57N3OSi. The summed E-state index contributed by atoms with van der Waals surface area (Å²) >= 11 is 0. The molecule has 79 heavy (non-hydrogen) atoms. The fourth-order valence-corrected chi connectivity index (χ4v) is 14.1. The zero-order valence-electron chi connectivity index (χ0n) is 44.7. The molecule has 2 atom stereocenters. The number of fused-ring (bicyclic) bond motifs is 12. The van der Waals surface area contributed by atoms with E-state index < -0.39 is 8.07 Å². The first-order valence-corrected chi connectivity index (χ1v) is 31.1. The van der Waals surface area contributed by atoms with Gasteiger partial charge < -0.3 is 19.1 Å². The summed E-state index contributed by atoms with van der Waals surface area (Å²) in [5.41, 5.74) is 23.4. The van der Waals surface area contributed by atoms with Gasteiger partial charge in [-0.3, -0.25) is 0 Å². The van der Waals surface area contributed by atoms with Crippen LogP contribution in [0.15, 0.2) is 271 Å². The van der Waals surface area contributed by atoms with E-state index in [9.17, 15) is 0 Å². The summed E-state index contributed by atoms with van der Waals surface area (Å²) < 4.78 is 6.96. The predicted molar refractivity (Wildman–Crippen MR) is 336 cm³/mol. The molecule has 15 rings (SSSR count). The molecule has 0 saturated carbocycles. The Balaban J connectivity index is 0.910. The van der Waals surface area contributed by atoms with E-state index in [1.165, 1.54) is 94.4 Å². The van der Waals surface area contributed by atoms with Crippen LogP contribution in [0.1, 0.15) is 22.6 Å². The van der Waals surface area contributed by atoms with Crippen molar-refractivity contribution in [3.8, 4) is 33.4 Å². The van der Waals surface area contributed by atoms with Gasteiger partial charge in [-0.25, -0.2) is 0 Å². The van der Waals surface area contributed by atoms with Gasteiger partial charge in [0.15, 0.2) is 0 Å². The second-order valence-corrected chi connectivity index (χ2v) is 27.6. The fourth-order valence-electron chi connectivity index (χ4n) is 13.0. The maximum Gasteiger partial charge on any atom is 0.137 e. The first-order valence-electron chi connectivity index (χ1n) is 27.6. The Hall–Kier alpha value is -9.42. The molecule has 1 aliphatic carbocycles. The minimum Gasteiger partial charge on any atom is -0.456 e. The molecule has 0 N–H and O–H groups in total. The molecule has 11 aromatic carbocycles. The van der Waals surface area contributed by atoms with E-state index in [0.717, 1.165) is 44.7 Å². The Morgan fingerprint density at radius 3 is 1.65 bits per heavy atom. The number of furan rings is 1. The van der Waals surface area contributed by atoms with Gasteiger partial charge >= 0.3 is 0 Å². The van der Waals surface area contributed by atoms with Crippen molar-refractivity contribution < 1.29 is 4.42 Å². The van der Waals surface area contributed by atoms with E-state index in [-0.39, 0.29) is 12.0 Å². The van der Waals surface area contributed by atoms with Crippen LogP contribution in [0.5, 0.6) is 0 Å². The number of aryl methyl sites for hydroxylation is 1. The smallest absolute Gasteiger partial charge is 0.137 e. The first kappa shape index (κ1) is 46.8. The first-order chi connectivity index (χ1) is 38.7. The molecule has 1 aromatic heterocycles. The van der Waals surface area contributed by atoms with Gasteiger partial charge in [-0.05, 0) is 148 Å². The average Bonchev–Trinajstić information content (AvgIpc) is 3.48. The number of rotatable bonds is 10. The lowest BCUT2D eigenvalue weighted by molar-refractivity contribution is 0.669. The van der Waals surface area contributed by atoms with Crippen LogP contribution in [0.25, 0.3) is 71.7 Å². The highest BCUT2D eigenvalue weighted by Crippen LogP contribution is 2.62. The molecule has 378 valence electrons. The molecule has 0 saturated heterocycles. The average molecular weight is 1030 g/mol. The zero-order valence-corrected chi connectivity index (χ0v) is 45.7. The monoisotopic (exact) mass is 1030 g/mol. The van der Waals surface area contributed by atoms with Crippen LogP contribution >= 0.6 is 0 Å². The number of hydrogen-bond acceptors (Lipinski definition) is 4. The van der Waals surface area contributed by atoms with E-state index in [0.29, 0.717) is 0 Å². The lowest BCUT2D eigenvalue weighted by atomic mass is 9.82. The molecule has 0 bridgehead atoms. The van der Waals surface area contributed by atoms with E-state index in [1.54, 1.807) is 0 Å². The quantitative estimate of drug-likeness (QED) is 0.127. The maximum absolute atomic E-state index is 6.96. The van der Waals surface area contributed by atoms with Gasteiger partial charge in [-0.15, -0.1) is 0 Å². The van der Waals surface area contributed by atoms with E-state index >= 15 is 0 Å². The normalized spacial score (nSPS) is 15.2. The number of benzene rings is 11. The molecular weight excluding hydrogens is 975 g/mol.